The number of carbonyl (C=O) groups excluding carboxylic acids is 4. The third-order valence-corrected chi connectivity index (χ3v) is 5.50. The molecule has 0 heterocycles. The molecule has 196 valence electrons. The van der Waals surface area contributed by atoms with Crippen LogP contribution in [-0.2, 0) is 24.0 Å². The van der Waals surface area contributed by atoms with Crippen molar-refractivity contribution in [2.45, 2.75) is 90.4 Å². The molecule has 4 amide bonds. The summed E-state index contributed by atoms with van der Waals surface area (Å²) in [6.45, 7) is 7.80. The van der Waals surface area contributed by atoms with Crippen LogP contribution in [0.5, 0.6) is 0 Å². The highest BCUT2D eigenvalue weighted by molar-refractivity contribution is 5.96. The first-order valence-electron chi connectivity index (χ1n) is 11.7. The SMILES string of the molecule is CCC(C)C(N)C(=O)NC(CC(C)C)C(=O)NC(CC(N)=O)C(=O)NC(CCCCN)C(=O)O. The van der Waals surface area contributed by atoms with Crippen molar-refractivity contribution >= 4 is 29.6 Å². The number of nitrogens with one attached hydrogen (secondary N) is 3. The molecular formula is C22H42N6O6. The number of rotatable bonds is 17. The van der Waals surface area contributed by atoms with Gasteiger partial charge >= 0.3 is 5.97 Å². The third kappa shape index (κ3) is 11.9. The molecule has 10 N–H and O–H groups in total. The summed E-state index contributed by atoms with van der Waals surface area (Å²) in [5.41, 5.74) is 16.6. The van der Waals surface area contributed by atoms with E-state index < -0.39 is 60.2 Å². The van der Waals surface area contributed by atoms with Crippen LogP contribution in [-0.4, -0.2) is 65.4 Å². The molecule has 0 aromatic carbocycles. The van der Waals surface area contributed by atoms with Crippen molar-refractivity contribution < 1.29 is 29.1 Å². The third-order valence-electron chi connectivity index (χ3n) is 5.50. The summed E-state index contributed by atoms with van der Waals surface area (Å²) >= 11 is 0. The lowest BCUT2D eigenvalue weighted by Gasteiger charge is -2.26. The van der Waals surface area contributed by atoms with Gasteiger partial charge in [-0.2, -0.15) is 0 Å². The van der Waals surface area contributed by atoms with Crippen LogP contribution in [0.25, 0.3) is 0 Å². The van der Waals surface area contributed by atoms with Crippen molar-refractivity contribution in [1.82, 2.24) is 16.0 Å². The van der Waals surface area contributed by atoms with E-state index in [1.807, 2.05) is 27.7 Å². The summed E-state index contributed by atoms with van der Waals surface area (Å²) in [5, 5.41) is 16.8. The lowest BCUT2D eigenvalue weighted by molar-refractivity contribution is -0.142. The normalized spacial score (nSPS) is 15.5. The molecule has 12 heteroatoms. The number of carbonyl (C=O) groups is 5. The monoisotopic (exact) mass is 486 g/mol. The van der Waals surface area contributed by atoms with Crippen molar-refractivity contribution in [2.75, 3.05) is 6.54 Å². The van der Waals surface area contributed by atoms with Gasteiger partial charge in [0, 0.05) is 0 Å². The second-order valence-electron chi connectivity index (χ2n) is 9.02. The van der Waals surface area contributed by atoms with Crippen LogP contribution in [0.4, 0.5) is 0 Å². The Balaban J connectivity index is 5.51. The molecule has 0 spiro atoms. The van der Waals surface area contributed by atoms with Crippen LogP contribution in [0.3, 0.4) is 0 Å². The van der Waals surface area contributed by atoms with Gasteiger partial charge in [0.2, 0.25) is 23.6 Å². The summed E-state index contributed by atoms with van der Waals surface area (Å²) in [6, 6.07) is -4.45. The van der Waals surface area contributed by atoms with E-state index in [4.69, 9.17) is 17.2 Å². The van der Waals surface area contributed by atoms with E-state index >= 15 is 0 Å². The minimum absolute atomic E-state index is 0.0122. The van der Waals surface area contributed by atoms with Gasteiger partial charge in [-0.05, 0) is 44.1 Å². The Morgan fingerprint density at radius 3 is 1.85 bits per heavy atom. The molecule has 0 rings (SSSR count). The van der Waals surface area contributed by atoms with Gasteiger partial charge in [-0.15, -0.1) is 0 Å². The molecule has 0 aliphatic heterocycles. The maximum absolute atomic E-state index is 13.0. The van der Waals surface area contributed by atoms with Crippen molar-refractivity contribution in [3.05, 3.63) is 0 Å². The summed E-state index contributed by atoms with van der Waals surface area (Å²) in [6.07, 6.45) is 1.57. The van der Waals surface area contributed by atoms with E-state index in [1.54, 1.807) is 0 Å². The van der Waals surface area contributed by atoms with Gasteiger partial charge in [0.15, 0.2) is 0 Å². The lowest BCUT2D eigenvalue weighted by atomic mass is 9.97. The van der Waals surface area contributed by atoms with E-state index in [0.29, 0.717) is 25.8 Å². The van der Waals surface area contributed by atoms with E-state index in [0.717, 1.165) is 0 Å². The first-order chi connectivity index (χ1) is 15.8. The highest BCUT2D eigenvalue weighted by Gasteiger charge is 2.32. The number of amides is 4. The number of carboxylic acid groups (broad SMARTS) is 1. The first kappa shape index (κ1) is 31.3. The number of unbranched alkanes of at least 4 members (excludes halogenated alkanes) is 1. The molecule has 0 fully saturated rings. The molecule has 5 atom stereocenters. The fraction of sp³-hybridized carbons (Fsp3) is 0.773. The molecular weight excluding hydrogens is 444 g/mol. The lowest BCUT2D eigenvalue weighted by Crippen LogP contribution is -2.58. The second-order valence-corrected chi connectivity index (χ2v) is 9.02. The van der Waals surface area contributed by atoms with Crippen LogP contribution in [0.15, 0.2) is 0 Å². The van der Waals surface area contributed by atoms with E-state index in [2.05, 4.69) is 16.0 Å². The molecule has 5 unspecified atom stereocenters. The Hall–Kier alpha value is -2.73. The van der Waals surface area contributed by atoms with Crippen LogP contribution >= 0.6 is 0 Å². The van der Waals surface area contributed by atoms with Gasteiger partial charge in [-0.25, -0.2) is 4.79 Å². The van der Waals surface area contributed by atoms with Gasteiger partial charge in [0.05, 0.1) is 12.5 Å². The van der Waals surface area contributed by atoms with E-state index in [9.17, 15) is 29.1 Å². The Morgan fingerprint density at radius 2 is 1.38 bits per heavy atom. The largest absolute Gasteiger partial charge is 0.480 e. The van der Waals surface area contributed by atoms with E-state index in [1.165, 1.54) is 0 Å². The maximum atomic E-state index is 13.0. The van der Waals surface area contributed by atoms with E-state index in [-0.39, 0.29) is 24.7 Å². The zero-order chi connectivity index (χ0) is 26.4. The molecule has 0 aliphatic carbocycles. The Labute approximate surface area is 201 Å². The van der Waals surface area contributed by atoms with Gasteiger partial charge in [0.1, 0.15) is 18.1 Å². The summed E-state index contributed by atoms with van der Waals surface area (Å²) in [4.78, 5) is 61.3. The van der Waals surface area contributed by atoms with Crippen molar-refractivity contribution in [1.29, 1.82) is 0 Å². The van der Waals surface area contributed by atoms with Gasteiger partial charge in [-0.1, -0.05) is 34.1 Å². The molecule has 0 aromatic rings. The quantitative estimate of drug-likeness (QED) is 0.125. The Kier molecular flexibility index (Phi) is 14.7. The number of aliphatic carboxylic acids is 1. The van der Waals surface area contributed by atoms with Gasteiger partial charge in [0.25, 0.3) is 0 Å². The average molecular weight is 487 g/mol. The summed E-state index contributed by atoms with van der Waals surface area (Å²) in [7, 11) is 0. The molecule has 0 aliphatic rings. The molecule has 34 heavy (non-hydrogen) atoms. The predicted octanol–water partition coefficient (Wildman–Crippen LogP) is -1.05. The zero-order valence-corrected chi connectivity index (χ0v) is 20.6. The molecule has 0 saturated carbocycles. The van der Waals surface area contributed by atoms with Crippen LogP contribution in [0.1, 0.15) is 66.2 Å². The van der Waals surface area contributed by atoms with Crippen LogP contribution in [0.2, 0.25) is 0 Å². The first-order valence-corrected chi connectivity index (χ1v) is 11.7. The Morgan fingerprint density at radius 1 is 0.853 bits per heavy atom. The number of nitrogens with two attached hydrogens (primary N) is 3. The highest BCUT2D eigenvalue weighted by atomic mass is 16.4. The minimum atomic E-state index is -1.41. The zero-order valence-electron chi connectivity index (χ0n) is 20.6. The van der Waals surface area contributed by atoms with Crippen molar-refractivity contribution in [3.63, 3.8) is 0 Å². The van der Waals surface area contributed by atoms with Crippen LogP contribution in [0, 0.1) is 11.8 Å². The summed E-state index contributed by atoms with van der Waals surface area (Å²) < 4.78 is 0. The number of hydrogen-bond acceptors (Lipinski definition) is 7. The Bertz CT molecular complexity index is 701. The molecule has 12 nitrogen and oxygen atoms in total. The highest BCUT2D eigenvalue weighted by Crippen LogP contribution is 2.10. The van der Waals surface area contributed by atoms with Gasteiger partial charge in [-0.3, -0.25) is 19.2 Å². The fourth-order valence-corrected chi connectivity index (χ4v) is 3.19. The summed E-state index contributed by atoms with van der Waals surface area (Å²) in [5.74, 6) is -4.27. The van der Waals surface area contributed by atoms with Crippen molar-refractivity contribution in [2.24, 2.45) is 29.0 Å². The second kappa shape index (κ2) is 16.0. The molecule has 0 radical (unpaired) electrons. The van der Waals surface area contributed by atoms with Crippen molar-refractivity contribution in [3.8, 4) is 0 Å². The predicted molar refractivity (Wildman–Crippen MR) is 127 cm³/mol. The topological polar surface area (TPSA) is 220 Å². The number of carboxylic acids is 1. The van der Waals surface area contributed by atoms with Gasteiger partial charge < -0.3 is 38.3 Å². The standard InChI is InChI=1S/C22H42N6O6/c1-5-13(4)18(25)21(32)28-15(10-12(2)3)19(30)27-16(11-17(24)29)20(31)26-14(22(33)34)8-6-7-9-23/h12-16,18H,5-11,23,25H2,1-4H3,(H2,24,29)(H,26,31)(H,27,30)(H,28,32)(H,33,34). The number of primary amides is 1. The minimum Gasteiger partial charge on any atom is -0.480 e. The number of hydrogen-bond donors (Lipinski definition) is 7. The maximum Gasteiger partial charge on any atom is 0.326 e. The molecule has 0 saturated heterocycles. The molecule has 0 aromatic heterocycles. The smallest absolute Gasteiger partial charge is 0.326 e. The molecule has 0 bridgehead atoms. The average Bonchev–Trinajstić information content (AvgIpc) is 2.75. The van der Waals surface area contributed by atoms with Crippen LogP contribution < -0.4 is 33.2 Å². The fourth-order valence-electron chi connectivity index (χ4n) is 3.19.